The number of pyridine rings is 1. The zero-order valence-electron chi connectivity index (χ0n) is 11.1. The molecule has 0 unspecified atom stereocenters. The maximum absolute atomic E-state index is 5.16. The fourth-order valence-electron chi connectivity index (χ4n) is 1.42. The van der Waals surface area contributed by atoms with Gasteiger partial charge in [-0.1, -0.05) is 22.0 Å². The van der Waals surface area contributed by atoms with E-state index in [-0.39, 0.29) is 6.29 Å². The molecule has 0 aliphatic heterocycles. The molecule has 0 aliphatic carbocycles. The van der Waals surface area contributed by atoms with E-state index in [0.717, 1.165) is 15.6 Å². The van der Waals surface area contributed by atoms with Crippen molar-refractivity contribution < 1.29 is 9.47 Å². The number of halogens is 2. The van der Waals surface area contributed by atoms with E-state index in [0.29, 0.717) is 13.2 Å². The number of ether oxygens (including phenoxy) is 2. The first-order chi connectivity index (χ1) is 9.22. The summed E-state index contributed by atoms with van der Waals surface area (Å²) in [6.45, 7) is 5.32. The number of hydrogen-bond acceptors (Lipinski definition) is 3. The van der Waals surface area contributed by atoms with E-state index < -0.39 is 0 Å². The first-order valence-electron chi connectivity index (χ1n) is 6.09. The van der Waals surface area contributed by atoms with Gasteiger partial charge in [0.15, 0.2) is 6.29 Å². The topological polar surface area (TPSA) is 35.8 Å². The van der Waals surface area contributed by atoms with Crippen LogP contribution in [-0.2, 0) is 9.47 Å². The maximum Gasteiger partial charge on any atom is 0.167 e. The summed E-state index contributed by atoms with van der Waals surface area (Å²) in [7, 11) is 0. The maximum atomic E-state index is 5.16. The Labute approximate surface area is 130 Å². The molecule has 0 atom stereocenters. The molecular weight excluding hydrogens is 376 g/mol. The summed E-state index contributed by atoms with van der Waals surface area (Å²) in [5.74, 6) is 0. The highest BCUT2D eigenvalue weighted by atomic mass is 79.9. The second kappa shape index (κ2) is 9.47. The minimum absolute atomic E-state index is 0.0694. The van der Waals surface area contributed by atoms with Crippen LogP contribution in [0.4, 0.5) is 0 Å². The van der Waals surface area contributed by atoms with Crippen molar-refractivity contribution in [2.45, 2.75) is 20.1 Å². The largest absolute Gasteiger partial charge is 0.352 e. The van der Waals surface area contributed by atoms with Crippen LogP contribution >= 0.6 is 31.9 Å². The van der Waals surface area contributed by atoms with Gasteiger partial charge in [0, 0.05) is 25.6 Å². The molecule has 0 fully saturated rings. The second-order valence-corrected chi connectivity index (χ2v) is 4.96. The third-order valence-electron chi connectivity index (χ3n) is 2.21. The first kappa shape index (κ1) is 16.6. The van der Waals surface area contributed by atoms with Gasteiger partial charge in [-0.3, -0.25) is 4.40 Å². The Balaban J connectivity index is 0.000000192. The van der Waals surface area contributed by atoms with Gasteiger partial charge in [0.1, 0.15) is 5.65 Å². The molecule has 0 bridgehead atoms. The standard InChI is InChI=1S/C7H5BrN2.C6H13BrO2/c8-6-2-1-3-7-9-4-5-10(6)7;1-3-8-6(5-7)9-4-2/h1-5H;6H,3-5H2,1-2H3. The Kier molecular flexibility index (Phi) is 8.29. The van der Waals surface area contributed by atoms with Crippen LogP contribution in [0.3, 0.4) is 0 Å². The predicted octanol–water partition coefficient (Wildman–Crippen LogP) is 3.88. The van der Waals surface area contributed by atoms with Crippen LogP contribution in [0.1, 0.15) is 13.8 Å². The molecule has 0 aliphatic rings. The summed E-state index contributed by atoms with van der Waals surface area (Å²) >= 11 is 6.67. The lowest BCUT2D eigenvalue weighted by Gasteiger charge is -2.12. The van der Waals surface area contributed by atoms with Crippen molar-refractivity contribution in [3.8, 4) is 0 Å². The van der Waals surface area contributed by atoms with Crippen LogP contribution in [0.25, 0.3) is 5.65 Å². The van der Waals surface area contributed by atoms with Crippen LogP contribution in [-0.4, -0.2) is 34.2 Å². The van der Waals surface area contributed by atoms with Gasteiger partial charge in [-0.05, 0) is 41.9 Å². The minimum Gasteiger partial charge on any atom is -0.352 e. The van der Waals surface area contributed by atoms with E-state index in [1.807, 2.05) is 42.6 Å². The minimum atomic E-state index is -0.0694. The number of alkyl halides is 1. The van der Waals surface area contributed by atoms with E-state index in [2.05, 4.69) is 36.8 Å². The zero-order chi connectivity index (χ0) is 14.1. The molecule has 0 saturated carbocycles. The Morgan fingerprint density at radius 3 is 2.47 bits per heavy atom. The molecule has 6 heteroatoms. The van der Waals surface area contributed by atoms with Crippen LogP contribution in [0.5, 0.6) is 0 Å². The Morgan fingerprint density at radius 1 is 1.26 bits per heavy atom. The Bertz CT molecular complexity index is 470. The summed E-state index contributed by atoms with van der Waals surface area (Å²) in [5, 5.41) is 0.745. The van der Waals surface area contributed by atoms with Gasteiger partial charge < -0.3 is 9.47 Å². The molecule has 2 heterocycles. The number of hydrogen-bond donors (Lipinski definition) is 0. The van der Waals surface area contributed by atoms with Gasteiger partial charge in [0.25, 0.3) is 0 Å². The fourth-order valence-corrected chi connectivity index (χ4v) is 2.25. The smallest absolute Gasteiger partial charge is 0.167 e. The molecular formula is C13H18Br2N2O2. The summed E-state index contributed by atoms with van der Waals surface area (Å²) in [6.07, 6.45) is 3.62. The SMILES string of the molecule is Brc1cccc2nccn12.CCOC(CBr)OCC. The predicted molar refractivity (Wildman–Crippen MR) is 83.7 cm³/mol. The molecule has 2 aromatic rings. The number of aromatic nitrogens is 2. The molecule has 0 saturated heterocycles. The van der Waals surface area contributed by atoms with Gasteiger partial charge in [0.2, 0.25) is 0 Å². The lowest BCUT2D eigenvalue weighted by atomic mass is 10.5. The summed E-state index contributed by atoms with van der Waals surface area (Å²) in [5.41, 5.74) is 0.967. The number of imidazole rings is 1. The lowest BCUT2D eigenvalue weighted by Crippen LogP contribution is -2.18. The van der Waals surface area contributed by atoms with E-state index in [9.17, 15) is 0 Å². The van der Waals surface area contributed by atoms with Gasteiger partial charge >= 0.3 is 0 Å². The van der Waals surface area contributed by atoms with Crippen molar-refractivity contribution in [3.05, 3.63) is 35.2 Å². The van der Waals surface area contributed by atoms with Crippen molar-refractivity contribution in [3.63, 3.8) is 0 Å². The highest BCUT2D eigenvalue weighted by molar-refractivity contribution is 9.10. The monoisotopic (exact) mass is 392 g/mol. The summed E-state index contributed by atoms with van der Waals surface area (Å²) in [6, 6.07) is 5.91. The van der Waals surface area contributed by atoms with Gasteiger partial charge in [0.05, 0.1) is 9.93 Å². The highest BCUT2D eigenvalue weighted by Crippen LogP contribution is 2.11. The molecule has 0 N–H and O–H groups in total. The average molecular weight is 394 g/mol. The lowest BCUT2D eigenvalue weighted by molar-refractivity contribution is -0.119. The van der Waals surface area contributed by atoms with Crippen LogP contribution in [0, 0.1) is 0 Å². The average Bonchev–Trinajstić information content (AvgIpc) is 2.89. The molecule has 2 rings (SSSR count). The Morgan fingerprint density at radius 2 is 1.95 bits per heavy atom. The van der Waals surface area contributed by atoms with Crippen molar-refractivity contribution >= 4 is 37.5 Å². The normalized spacial score (nSPS) is 10.6. The first-order valence-corrected chi connectivity index (χ1v) is 8.01. The second-order valence-electron chi connectivity index (χ2n) is 3.50. The van der Waals surface area contributed by atoms with Crippen molar-refractivity contribution in [1.29, 1.82) is 0 Å². The number of nitrogens with zero attached hydrogens (tertiary/aromatic N) is 2. The zero-order valence-corrected chi connectivity index (χ0v) is 14.2. The molecule has 2 aromatic heterocycles. The molecule has 0 radical (unpaired) electrons. The quantitative estimate of drug-likeness (QED) is 0.439. The van der Waals surface area contributed by atoms with Gasteiger partial charge in [-0.2, -0.15) is 0 Å². The van der Waals surface area contributed by atoms with Gasteiger partial charge in [-0.25, -0.2) is 4.98 Å². The Hall–Kier alpha value is -0.430. The van der Waals surface area contributed by atoms with E-state index in [1.165, 1.54) is 0 Å². The fraction of sp³-hybridized carbons (Fsp3) is 0.462. The van der Waals surface area contributed by atoms with E-state index in [4.69, 9.17) is 9.47 Å². The summed E-state index contributed by atoms with van der Waals surface area (Å²) in [4.78, 5) is 4.11. The molecule has 0 amide bonds. The highest BCUT2D eigenvalue weighted by Gasteiger charge is 2.02. The van der Waals surface area contributed by atoms with Crippen LogP contribution < -0.4 is 0 Å². The molecule has 0 spiro atoms. The van der Waals surface area contributed by atoms with Crippen molar-refractivity contribution in [1.82, 2.24) is 9.38 Å². The molecule has 4 nitrogen and oxygen atoms in total. The van der Waals surface area contributed by atoms with E-state index >= 15 is 0 Å². The van der Waals surface area contributed by atoms with Crippen LogP contribution in [0.15, 0.2) is 35.2 Å². The van der Waals surface area contributed by atoms with Crippen LogP contribution in [0.2, 0.25) is 0 Å². The van der Waals surface area contributed by atoms with Gasteiger partial charge in [-0.15, -0.1) is 0 Å². The number of rotatable bonds is 5. The molecule has 106 valence electrons. The van der Waals surface area contributed by atoms with Crippen molar-refractivity contribution in [2.24, 2.45) is 0 Å². The molecule has 0 aromatic carbocycles. The molecule has 19 heavy (non-hydrogen) atoms. The summed E-state index contributed by atoms with van der Waals surface area (Å²) < 4.78 is 13.3. The number of fused-ring (bicyclic) bond motifs is 1. The van der Waals surface area contributed by atoms with E-state index in [1.54, 1.807) is 6.20 Å². The van der Waals surface area contributed by atoms with Crippen molar-refractivity contribution in [2.75, 3.05) is 18.5 Å². The third kappa shape index (κ3) is 5.60. The third-order valence-corrected chi connectivity index (χ3v) is 3.38.